The summed E-state index contributed by atoms with van der Waals surface area (Å²) in [6.45, 7) is 2.77. The molecule has 0 bridgehead atoms. The summed E-state index contributed by atoms with van der Waals surface area (Å²) in [5.41, 5.74) is 0.0538. The van der Waals surface area contributed by atoms with E-state index in [2.05, 4.69) is 20.5 Å². The van der Waals surface area contributed by atoms with Crippen molar-refractivity contribution in [3.8, 4) is 0 Å². The Kier molecular flexibility index (Phi) is 4.16. The lowest BCUT2D eigenvalue weighted by atomic mass is 10.1. The number of nitrogens with one attached hydrogen (secondary N) is 1. The molecule has 3 rings (SSSR count). The number of fused-ring (bicyclic) bond motifs is 1. The number of hydrogen-bond donors (Lipinski definition) is 1. The Morgan fingerprint density at radius 2 is 2.18 bits per heavy atom. The first-order valence-corrected chi connectivity index (χ1v) is 8.08. The molecule has 0 saturated heterocycles. The minimum atomic E-state index is -0.396. The SMILES string of the molecule is CCNc1nnc(Sc2ccc([N+](=O)[O-])c3cnccc23)s1. The zero-order chi connectivity index (χ0) is 15.5. The molecular formula is C13H11N5O2S2. The Morgan fingerprint density at radius 1 is 1.32 bits per heavy atom. The monoisotopic (exact) mass is 333 g/mol. The van der Waals surface area contributed by atoms with Crippen LogP contribution in [0.5, 0.6) is 0 Å². The molecular weight excluding hydrogens is 322 g/mol. The zero-order valence-electron chi connectivity index (χ0n) is 11.5. The summed E-state index contributed by atoms with van der Waals surface area (Å²) in [6, 6.07) is 5.01. The van der Waals surface area contributed by atoms with Crippen LogP contribution in [0.25, 0.3) is 10.8 Å². The van der Waals surface area contributed by atoms with Gasteiger partial charge in [0.05, 0.1) is 10.3 Å². The van der Waals surface area contributed by atoms with Crippen LogP contribution in [0.15, 0.2) is 39.8 Å². The highest BCUT2D eigenvalue weighted by molar-refractivity contribution is 8.01. The van der Waals surface area contributed by atoms with Gasteiger partial charge in [-0.2, -0.15) is 0 Å². The highest BCUT2D eigenvalue weighted by atomic mass is 32.2. The van der Waals surface area contributed by atoms with Crippen LogP contribution in [0.2, 0.25) is 0 Å². The summed E-state index contributed by atoms with van der Waals surface area (Å²) in [6.07, 6.45) is 3.14. The van der Waals surface area contributed by atoms with Crippen molar-refractivity contribution in [1.29, 1.82) is 0 Å². The molecule has 112 valence electrons. The molecule has 1 aromatic carbocycles. The van der Waals surface area contributed by atoms with Crippen LogP contribution in [0.1, 0.15) is 6.92 Å². The Balaban J connectivity index is 2.00. The van der Waals surface area contributed by atoms with Gasteiger partial charge in [-0.05, 0) is 19.1 Å². The van der Waals surface area contributed by atoms with E-state index < -0.39 is 4.92 Å². The average Bonchev–Trinajstić information content (AvgIpc) is 2.95. The van der Waals surface area contributed by atoms with Crippen molar-refractivity contribution in [2.24, 2.45) is 0 Å². The number of nitro groups is 1. The second-order valence-corrected chi connectivity index (χ2v) is 6.53. The van der Waals surface area contributed by atoms with Crippen molar-refractivity contribution < 1.29 is 4.92 Å². The largest absolute Gasteiger partial charge is 0.360 e. The fourth-order valence-electron chi connectivity index (χ4n) is 1.96. The summed E-state index contributed by atoms with van der Waals surface area (Å²) in [5.74, 6) is 0. The maximum Gasteiger partial charge on any atom is 0.278 e. The highest BCUT2D eigenvalue weighted by Gasteiger charge is 2.16. The molecule has 2 aromatic heterocycles. The third-order valence-electron chi connectivity index (χ3n) is 2.88. The molecule has 0 saturated carbocycles. The molecule has 0 unspecified atom stereocenters. The molecule has 0 amide bonds. The van der Waals surface area contributed by atoms with Crippen LogP contribution in [0, 0.1) is 10.1 Å². The third-order valence-corrected chi connectivity index (χ3v) is 4.89. The second kappa shape index (κ2) is 6.24. The van der Waals surface area contributed by atoms with Gasteiger partial charge in [0.2, 0.25) is 5.13 Å². The molecule has 3 aromatic rings. The van der Waals surface area contributed by atoms with Gasteiger partial charge in [0.25, 0.3) is 5.69 Å². The smallest absolute Gasteiger partial charge is 0.278 e. The first kappa shape index (κ1) is 14.7. The lowest BCUT2D eigenvalue weighted by Gasteiger charge is -2.04. The molecule has 9 heteroatoms. The lowest BCUT2D eigenvalue weighted by molar-refractivity contribution is -0.383. The Bertz CT molecular complexity index is 836. The van der Waals surface area contributed by atoms with Gasteiger partial charge in [0.15, 0.2) is 4.34 Å². The first-order valence-electron chi connectivity index (χ1n) is 6.45. The minimum Gasteiger partial charge on any atom is -0.360 e. The van der Waals surface area contributed by atoms with Gasteiger partial charge in [-0.25, -0.2) is 0 Å². The van der Waals surface area contributed by atoms with Gasteiger partial charge >= 0.3 is 0 Å². The van der Waals surface area contributed by atoms with E-state index in [1.165, 1.54) is 35.4 Å². The van der Waals surface area contributed by atoms with E-state index >= 15 is 0 Å². The van der Waals surface area contributed by atoms with Crippen LogP contribution in [-0.2, 0) is 0 Å². The number of pyridine rings is 1. The molecule has 22 heavy (non-hydrogen) atoms. The number of nitrogens with zero attached hydrogens (tertiary/aromatic N) is 4. The number of anilines is 1. The van der Waals surface area contributed by atoms with Crippen LogP contribution in [0.3, 0.4) is 0 Å². The van der Waals surface area contributed by atoms with Crippen LogP contribution >= 0.6 is 23.1 Å². The Hall–Kier alpha value is -2.26. The molecule has 0 atom stereocenters. The van der Waals surface area contributed by atoms with Gasteiger partial charge < -0.3 is 5.32 Å². The number of non-ortho nitro benzene ring substituents is 1. The molecule has 0 radical (unpaired) electrons. The normalized spacial score (nSPS) is 10.8. The third kappa shape index (κ3) is 2.85. The van der Waals surface area contributed by atoms with E-state index in [1.807, 2.05) is 6.92 Å². The van der Waals surface area contributed by atoms with Gasteiger partial charge in [-0.1, -0.05) is 23.1 Å². The number of nitro benzene ring substituents is 1. The molecule has 1 N–H and O–H groups in total. The summed E-state index contributed by atoms with van der Waals surface area (Å²) in [5, 5.41) is 24.4. The molecule has 0 aliphatic carbocycles. The van der Waals surface area contributed by atoms with Crippen LogP contribution in [-0.4, -0.2) is 26.6 Å². The molecule has 0 aliphatic heterocycles. The molecule has 2 heterocycles. The van der Waals surface area contributed by atoms with Crippen molar-refractivity contribution in [2.45, 2.75) is 16.2 Å². The van der Waals surface area contributed by atoms with Crippen molar-refractivity contribution in [2.75, 3.05) is 11.9 Å². The summed E-state index contributed by atoms with van der Waals surface area (Å²) >= 11 is 2.89. The summed E-state index contributed by atoms with van der Waals surface area (Å²) in [4.78, 5) is 15.6. The summed E-state index contributed by atoms with van der Waals surface area (Å²) in [7, 11) is 0. The first-order chi connectivity index (χ1) is 10.7. The maximum absolute atomic E-state index is 11.1. The number of benzene rings is 1. The van der Waals surface area contributed by atoms with Crippen molar-refractivity contribution >= 4 is 44.7 Å². The van der Waals surface area contributed by atoms with E-state index in [0.717, 1.165) is 26.3 Å². The predicted octanol–water partition coefficient (Wildman–Crippen LogP) is 3.58. The van der Waals surface area contributed by atoms with E-state index in [-0.39, 0.29) is 5.69 Å². The van der Waals surface area contributed by atoms with E-state index in [0.29, 0.717) is 5.39 Å². The van der Waals surface area contributed by atoms with Crippen molar-refractivity contribution in [3.05, 3.63) is 40.7 Å². The fraction of sp³-hybridized carbons (Fsp3) is 0.154. The Morgan fingerprint density at radius 3 is 2.95 bits per heavy atom. The minimum absolute atomic E-state index is 0.0538. The molecule has 7 nitrogen and oxygen atoms in total. The molecule has 0 spiro atoms. The van der Waals surface area contributed by atoms with Gasteiger partial charge in [-0.15, -0.1) is 10.2 Å². The van der Waals surface area contributed by atoms with E-state index in [4.69, 9.17) is 0 Å². The van der Waals surface area contributed by atoms with E-state index in [1.54, 1.807) is 18.3 Å². The van der Waals surface area contributed by atoms with Crippen molar-refractivity contribution in [1.82, 2.24) is 15.2 Å². The predicted molar refractivity (Wildman–Crippen MR) is 86.6 cm³/mol. The maximum atomic E-state index is 11.1. The van der Waals surface area contributed by atoms with Crippen LogP contribution < -0.4 is 5.32 Å². The number of rotatable bonds is 5. The van der Waals surface area contributed by atoms with Crippen LogP contribution in [0.4, 0.5) is 10.8 Å². The highest BCUT2D eigenvalue weighted by Crippen LogP contribution is 2.38. The molecule has 0 aliphatic rings. The lowest BCUT2D eigenvalue weighted by Crippen LogP contribution is -1.94. The topological polar surface area (TPSA) is 93.8 Å². The second-order valence-electron chi connectivity index (χ2n) is 4.27. The number of aromatic nitrogens is 3. The van der Waals surface area contributed by atoms with E-state index in [9.17, 15) is 10.1 Å². The number of hydrogen-bond acceptors (Lipinski definition) is 8. The quantitative estimate of drug-likeness (QED) is 0.563. The van der Waals surface area contributed by atoms with Crippen molar-refractivity contribution in [3.63, 3.8) is 0 Å². The summed E-state index contributed by atoms with van der Waals surface area (Å²) < 4.78 is 0.780. The van der Waals surface area contributed by atoms with Gasteiger partial charge in [0.1, 0.15) is 0 Å². The fourth-order valence-corrected chi connectivity index (χ4v) is 3.88. The Labute approximate surface area is 133 Å². The van der Waals surface area contributed by atoms with Gasteiger partial charge in [0, 0.05) is 35.3 Å². The zero-order valence-corrected chi connectivity index (χ0v) is 13.1. The standard InChI is InChI=1S/C13H11N5O2S2/c1-2-15-12-16-17-13(22-12)21-11-4-3-10(18(19)20)9-7-14-6-5-8(9)11/h3-7H,2H2,1H3,(H,15,16). The van der Waals surface area contributed by atoms with Gasteiger partial charge in [-0.3, -0.25) is 15.1 Å². The average molecular weight is 333 g/mol. The molecule has 0 fully saturated rings.